The van der Waals surface area contributed by atoms with Crippen LogP contribution in [0.3, 0.4) is 0 Å². The van der Waals surface area contributed by atoms with Crippen molar-refractivity contribution in [2.75, 3.05) is 4.90 Å². The molecule has 0 unspecified atom stereocenters. The maximum absolute atomic E-state index is 5.14. The van der Waals surface area contributed by atoms with Crippen LogP contribution in [0.15, 0.2) is 146 Å². The van der Waals surface area contributed by atoms with Crippen molar-refractivity contribution >= 4 is 48.8 Å². The van der Waals surface area contributed by atoms with E-state index in [1.54, 1.807) is 0 Å². The van der Waals surface area contributed by atoms with Gasteiger partial charge in [0.2, 0.25) is 5.95 Å². The fraction of sp³-hybridized carbons (Fsp3) is 0.0714. The van der Waals surface area contributed by atoms with Crippen LogP contribution in [0.5, 0.6) is 0 Å². The highest BCUT2D eigenvalue weighted by Crippen LogP contribution is 2.52. The number of thiophene rings is 1. The molecule has 4 nitrogen and oxygen atoms in total. The van der Waals surface area contributed by atoms with E-state index in [0.717, 1.165) is 22.5 Å². The van der Waals surface area contributed by atoms with Gasteiger partial charge in [-0.05, 0) is 58.7 Å². The van der Waals surface area contributed by atoms with Crippen LogP contribution in [0.4, 0.5) is 17.3 Å². The molecule has 0 aliphatic carbocycles. The third-order valence-corrected chi connectivity index (χ3v) is 10.5. The third kappa shape index (κ3) is 4.54. The summed E-state index contributed by atoms with van der Waals surface area (Å²) >= 11 is 1.85. The number of para-hydroxylation sites is 1. The second-order valence-electron chi connectivity index (χ2n) is 12.5. The molecule has 224 valence electrons. The SMILES string of the molecule is CC1(C)c2ccccc2N(c2nc(-c3ccccc3)nc(-c3ccccc3)n2)c2ccc(-c3ccc4sc5ccccc5c4c3)cc21. The molecule has 1 aliphatic rings. The summed E-state index contributed by atoms with van der Waals surface area (Å²) in [5, 5.41) is 2.62. The van der Waals surface area contributed by atoms with Gasteiger partial charge < -0.3 is 0 Å². The minimum atomic E-state index is -0.255. The monoisotopic (exact) mass is 622 g/mol. The van der Waals surface area contributed by atoms with E-state index in [1.165, 1.54) is 42.4 Å². The van der Waals surface area contributed by atoms with Gasteiger partial charge in [-0.15, -0.1) is 11.3 Å². The number of aromatic nitrogens is 3. The molecule has 0 saturated carbocycles. The molecule has 0 fully saturated rings. The van der Waals surface area contributed by atoms with Crippen LogP contribution in [-0.2, 0) is 5.41 Å². The Morgan fingerprint density at radius 2 is 1.04 bits per heavy atom. The van der Waals surface area contributed by atoms with Crippen LogP contribution in [-0.4, -0.2) is 15.0 Å². The van der Waals surface area contributed by atoms with Crippen molar-refractivity contribution in [3.63, 3.8) is 0 Å². The third-order valence-electron chi connectivity index (χ3n) is 9.33. The molecule has 0 N–H and O–H groups in total. The molecular weight excluding hydrogens is 593 g/mol. The summed E-state index contributed by atoms with van der Waals surface area (Å²) in [5.74, 6) is 1.89. The number of fused-ring (bicyclic) bond motifs is 5. The molecule has 9 rings (SSSR count). The molecule has 0 radical (unpaired) electrons. The topological polar surface area (TPSA) is 41.9 Å². The Bertz CT molecular complexity index is 2390. The summed E-state index contributed by atoms with van der Waals surface area (Å²) in [4.78, 5) is 17.5. The van der Waals surface area contributed by atoms with Crippen LogP contribution in [0.2, 0.25) is 0 Å². The Morgan fingerprint density at radius 1 is 0.468 bits per heavy atom. The van der Waals surface area contributed by atoms with Gasteiger partial charge >= 0.3 is 0 Å². The summed E-state index contributed by atoms with van der Waals surface area (Å²) < 4.78 is 2.63. The van der Waals surface area contributed by atoms with Crippen molar-refractivity contribution in [3.05, 3.63) is 157 Å². The maximum Gasteiger partial charge on any atom is 0.238 e. The van der Waals surface area contributed by atoms with Crippen LogP contribution >= 0.6 is 11.3 Å². The van der Waals surface area contributed by atoms with Crippen LogP contribution in [0, 0.1) is 0 Å². The quantitative estimate of drug-likeness (QED) is 0.196. The van der Waals surface area contributed by atoms with E-state index in [9.17, 15) is 0 Å². The highest BCUT2D eigenvalue weighted by molar-refractivity contribution is 7.25. The van der Waals surface area contributed by atoms with Crippen LogP contribution in [0.1, 0.15) is 25.0 Å². The lowest BCUT2D eigenvalue weighted by Gasteiger charge is -2.41. The standard InChI is InChI=1S/C42H30N4S/c1-42(2)33-18-10-11-19-35(33)46(41-44-39(27-13-5-3-6-14-27)43-40(45-41)28-15-7-4-8-16-28)36-23-21-30(26-34(36)42)29-22-24-38-32(25-29)31-17-9-12-20-37(31)47-38/h3-26H,1-2H3. The predicted octanol–water partition coefficient (Wildman–Crippen LogP) is 11.3. The van der Waals surface area contributed by atoms with Gasteiger partial charge in [-0.3, -0.25) is 4.90 Å². The second kappa shape index (κ2) is 10.7. The fourth-order valence-electron chi connectivity index (χ4n) is 6.90. The molecule has 3 heterocycles. The van der Waals surface area contributed by atoms with Crippen molar-refractivity contribution in [1.82, 2.24) is 15.0 Å². The highest BCUT2D eigenvalue weighted by Gasteiger charge is 2.38. The average molecular weight is 623 g/mol. The molecule has 5 heteroatoms. The lowest BCUT2D eigenvalue weighted by Crippen LogP contribution is -2.31. The Kier molecular flexibility index (Phi) is 6.30. The Balaban J connectivity index is 1.25. The van der Waals surface area contributed by atoms with E-state index in [-0.39, 0.29) is 5.41 Å². The largest absolute Gasteiger partial charge is 0.278 e. The molecular formula is C42H30N4S. The van der Waals surface area contributed by atoms with Gasteiger partial charge in [0.25, 0.3) is 0 Å². The molecule has 47 heavy (non-hydrogen) atoms. The van der Waals surface area contributed by atoms with E-state index in [0.29, 0.717) is 17.6 Å². The zero-order chi connectivity index (χ0) is 31.5. The first-order chi connectivity index (χ1) is 23.0. The Labute approximate surface area is 277 Å². The van der Waals surface area contributed by atoms with Crippen molar-refractivity contribution in [3.8, 4) is 33.9 Å². The number of hydrogen-bond acceptors (Lipinski definition) is 5. The van der Waals surface area contributed by atoms with E-state index in [4.69, 9.17) is 15.0 Å². The van der Waals surface area contributed by atoms with E-state index < -0.39 is 0 Å². The molecule has 0 saturated heterocycles. The van der Waals surface area contributed by atoms with Gasteiger partial charge in [0.15, 0.2) is 11.6 Å². The lowest BCUT2D eigenvalue weighted by molar-refractivity contribution is 0.631. The number of anilines is 3. The predicted molar refractivity (Wildman–Crippen MR) is 196 cm³/mol. The van der Waals surface area contributed by atoms with E-state index in [1.807, 2.05) is 47.7 Å². The minimum absolute atomic E-state index is 0.255. The molecule has 6 aromatic carbocycles. The van der Waals surface area contributed by atoms with Crippen molar-refractivity contribution in [1.29, 1.82) is 0 Å². The van der Waals surface area contributed by atoms with E-state index in [2.05, 4.69) is 128 Å². The zero-order valence-corrected chi connectivity index (χ0v) is 26.9. The molecule has 1 aliphatic heterocycles. The lowest BCUT2D eigenvalue weighted by atomic mass is 9.73. The summed E-state index contributed by atoms with van der Waals surface area (Å²) in [6.07, 6.45) is 0. The summed E-state index contributed by atoms with van der Waals surface area (Å²) in [5.41, 5.74) is 8.66. The molecule has 0 amide bonds. The summed E-state index contributed by atoms with van der Waals surface area (Å²) in [6.45, 7) is 4.64. The van der Waals surface area contributed by atoms with Gasteiger partial charge in [-0.1, -0.05) is 123 Å². The number of hydrogen-bond donors (Lipinski definition) is 0. The fourth-order valence-corrected chi connectivity index (χ4v) is 7.99. The number of rotatable bonds is 4. The average Bonchev–Trinajstić information content (AvgIpc) is 3.50. The van der Waals surface area contributed by atoms with Gasteiger partial charge in [0.1, 0.15) is 0 Å². The maximum atomic E-state index is 5.14. The normalized spacial score (nSPS) is 13.4. The van der Waals surface area contributed by atoms with Crippen LogP contribution < -0.4 is 4.90 Å². The molecule has 0 spiro atoms. The first kappa shape index (κ1) is 27.6. The number of nitrogens with zero attached hydrogens (tertiary/aromatic N) is 4. The minimum Gasteiger partial charge on any atom is -0.278 e. The summed E-state index contributed by atoms with van der Waals surface area (Å²) in [7, 11) is 0. The van der Waals surface area contributed by atoms with Gasteiger partial charge in [-0.2, -0.15) is 9.97 Å². The first-order valence-electron chi connectivity index (χ1n) is 15.9. The Hall–Kier alpha value is -5.65. The van der Waals surface area contributed by atoms with Crippen LogP contribution in [0.25, 0.3) is 54.1 Å². The zero-order valence-electron chi connectivity index (χ0n) is 26.1. The molecule has 0 bridgehead atoms. The molecule has 8 aromatic rings. The smallest absolute Gasteiger partial charge is 0.238 e. The highest BCUT2D eigenvalue weighted by atomic mass is 32.1. The number of benzene rings is 6. The molecule has 0 atom stereocenters. The van der Waals surface area contributed by atoms with Crippen molar-refractivity contribution in [2.45, 2.75) is 19.3 Å². The second-order valence-corrected chi connectivity index (χ2v) is 13.6. The summed E-state index contributed by atoms with van der Waals surface area (Å²) in [6, 6.07) is 51.3. The van der Waals surface area contributed by atoms with Gasteiger partial charge in [-0.25, -0.2) is 4.98 Å². The van der Waals surface area contributed by atoms with Gasteiger partial charge in [0.05, 0.1) is 11.4 Å². The van der Waals surface area contributed by atoms with E-state index >= 15 is 0 Å². The molecule has 2 aromatic heterocycles. The first-order valence-corrected chi connectivity index (χ1v) is 16.7. The van der Waals surface area contributed by atoms with Crippen molar-refractivity contribution < 1.29 is 0 Å². The Morgan fingerprint density at radius 3 is 1.79 bits per heavy atom. The van der Waals surface area contributed by atoms with Crippen molar-refractivity contribution in [2.24, 2.45) is 0 Å². The van der Waals surface area contributed by atoms with Gasteiger partial charge in [0, 0.05) is 36.7 Å².